The Labute approximate surface area is 190 Å². The Morgan fingerprint density at radius 1 is 1.25 bits per heavy atom. The molecule has 1 aliphatic heterocycles. The number of allylic oxidation sites excluding steroid dienone is 2. The Morgan fingerprint density at radius 3 is 2.69 bits per heavy atom. The van der Waals surface area contributed by atoms with E-state index in [2.05, 4.69) is 27.9 Å². The highest BCUT2D eigenvalue weighted by Crippen LogP contribution is 2.37. The number of rotatable bonds is 7. The molecule has 2 heterocycles. The van der Waals surface area contributed by atoms with E-state index in [9.17, 15) is 5.26 Å². The number of nitrogens with two attached hydrogens (primary N) is 1. The van der Waals surface area contributed by atoms with Crippen molar-refractivity contribution in [2.24, 2.45) is 16.1 Å². The molecule has 1 fully saturated rings. The van der Waals surface area contributed by atoms with E-state index in [-0.39, 0.29) is 5.88 Å². The zero-order valence-electron chi connectivity index (χ0n) is 17.5. The van der Waals surface area contributed by atoms with Crippen molar-refractivity contribution in [3.63, 3.8) is 0 Å². The lowest BCUT2D eigenvalue weighted by molar-refractivity contribution is 0.0521. The predicted molar refractivity (Wildman–Crippen MR) is 128 cm³/mol. The Kier molecular flexibility index (Phi) is 6.50. The van der Waals surface area contributed by atoms with Gasteiger partial charge in [-0.05, 0) is 49.2 Å². The van der Waals surface area contributed by atoms with Crippen LogP contribution in [0.4, 0.5) is 10.8 Å². The van der Waals surface area contributed by atoms with Crippen LogP contribution in [0.5, 0.6) is 5.75 Å². The molecule has 3 aromatic rings. The number of aromatic nitrogens is 1. The summed E-state index contributed by atoms with van der Waals surface area (Å²) in [5, 5.41) is 13.9. The first-order valence-corrected chi connectivity index (χ1v) is 11.0. The maximum Gasteiger partial charge on any atom is 0.239 e. The van der Waals surface area contributed by atoms with Crippen LogP contribution in [-0.2, 0) is 4.74 Å². The number of para-hydroxylation sites is 1. The van der Waals surface area contributed by atoms with Crippen LogP contribution in [0.15, 0.2) is 77.8 Å². The summed E-state index contributed by atoms with van der Waals surface area (Å²) in [5.74, 6) is 0.749. The van der Waals surface area contributed by atoms with Crippen molar-refractivity contribution < 1.29 is 9.47 Å². The van der Waals surface area contributed by atoms with E-state index < -0.39 is 5.41 Å². The van der Waals surface area contributed by atoms with Gasteiger partial charge in [-0.2, -0.15) is 5.26 Å². The third-order valence-electron chi connectivity index (χ3n) is 5.22. The first-order valence-electron chi connectivity index (χ1n) is 10.2. The normalized spacial score (nSPS) is 16.3. The third kappa shape index (κ3) is 4.64. The van der Waals surface area contributed by atoms with Gasteiger partial charge in [-0.1, -0.05) is 36.1 Å². The molecule has 1 aliphatic rings. The van der Waals surface area contributed by atoms with Crippen molar-refractivity contribution >= 4 is 38.6 Å². The van der Waals surface area contributed by atoms with Gasteiger partial charge in [0.1, 0.15) is 11.2 Å². The number of thiazole rings is 1. The molecular formula is C24H23N5O2S. The third-order valence-corrected chi connectivity index (χ3v) is 6.17. The van der Waals surface area contributed by atoms with Crippen molar-refractivity contribution in [2.45, 2.75) is 12.8 Å². The number of nitrogens with zero attached hydrogens (tertiary/aromatic N) is 3. The SMILES string of the molecule is C=CC=N/C(Oc1ccc(Nc2nc3ccccc3s2)cc1)=C(\N)C1(C#N)CCOCC1. The molecule has 0 unspecified atom stereocenters. The van der Waals surface area contributed by atoms with E-state index in [4.69, 9.17) is 15.2 Å². The second-order valence-corrected chi connectivity index (χ2v) is 8.31. The van der Waals surface area contributed by atoms with Crippen LogP contribution in [0.2, 0.25) is 0 Å². The lowest BCUT2D eigenvalue weighted by Crippen LogP contribution is -2.35. The minimum Gasteiger partial charge on any atom is -0.437 e. The van der Waals surface area contributed by atoms with Gasteiger partial charge in [0.25, 0.3) is 0 Å². The summed E-state index contributed by atoms with van der Waals surface area (Å²) in [6.07, 6.45) is 4.02. The highest BCUT2D eigenvalue weighted by Gasteiger charge is 2.38. The number of ether oxygens (including phenoxy) is 2. The van der Waals surface area contributed by atoms with Crippen molar-refractivity contribution in [1.82, 2.24) is 4.98 Å². The maximum absolute atomic E-state index is 9.82. The number of fused-ring (bicyclic) bond motifs is 1. The van der Waals surface area contributed by atoms with E-state index in [1.807, 2.05) is 48.5 Å². The number of anilines is 2. The van der Waals surface area contributed by atoms with Gasteiger partial charge < -0.3 is 20.5 Å². The zero-order chi connectivity index (χ0) is 22.4. The van der Waals surface area contributed by atoms with Crippen LogP contribution in [0.25, 0.3) is 10.2 Å². The molecule has 0 atom stereocenters. The molecule has 1 aromatic heterocycles. The Balaban J connectivity index is 1.54. The fraction of sp³-hybridized carbons (Fsp3) is 0.208. The molecule has 3 N–H and O–H groups in total. The molecule has 1 saturated heterocycles. The summed E-state index contributed by atoms with van der Waals surface area (Å²) in [4.78, 5) is 8.88. The first-order chi connectivity index (χ1) is 15.6. The molecule has 0 saturated carbocycles. The molecule has 0 amide bonds. The molecule has 8 heteroatoms. The van der Waals surface area contributed by atoms with E-state index in [1.165, 1.54) is 12.3 Å². The Hall–Kier alpha value is -3.67. The fourth-order valence-electron chi connectivity index (χ4n) is 3.40. The van der Waals surface area contributed by atoms with Crippen molar-refractivity contribution in [2.75, 3.05) is 18.5 Å². The van der Waals surface area contributed by atoms with Crippen LogP contribution >= 0.6 is 11.3 Å². The Morgan fingerprint density at radius 2 is 2.00 bits per heavy atom. The second kappa shape index (κ2) is 9.64. The van der Waals surface area contributed by atoms with Crippen LogP contribution in [-0.4, -0.2) is 24.4 Å². The van der Waals surface area contributed by atoms with Gasteiger partial charge in [-0.15, -0.1) is 0 Å². The summed E-state index contributed by atoms with van der Waals surface area (Å²) < 4.78 is 12.5. The van der Waals surface area contributed by atoms with Crippen LogP contribution in [0.3, 0.4) is 0 Å². The molecule has 162 valence electrons. The molecule has 0 spiro atoms. The largest absolute Gasteiger partial charge is 0.437 e. The van der Waals surface area contributed by atoms with Gasteiger partial charge in [0.05, 0.1) is 22.0 Å². The van der Waals surface area contributed by atoms with E-state index >= 15 is 0 Å². The van der Waals surface area contributed by atoms with Crippen LogP contribution in [0.1, 0.15) is 12.8 Å². The van der Waals surface area contributed by atoms with Crippen molar-refractivity contribution in [3.05, 3.63) is 72.8 Å². The molecule has 32 heavy (non-hydrogen) atoms. The van der Waals surface area contributed by atoms with Gasteiger partial charge in [0.2, 0.25) is 5.88 Å². The molecular weight excluding hydrogens is 422 g/mol. The number of nitriles is 1. The van der Waals surface area contributed by atoms with Gasteiger partial charge in [-0.3, -0.25) is 0 Å². The summed E-state index contributed by atoms with van der Waals surface area (Å²) >= 11 is 1.59. The van der Waals surface area contributed by atoms with Gasteiger partial charge in [-0.25, -0.2) is 9.98 Å². The smallest absolute Gasteiger partial charge is 0.239 e. The lowest BCUT2D eigenvalue weighted by atomic mass is 9.79. The summed E-state index contributed by atoms with van der Waals surface area (Å²) in [6, 6.07) is 17.8. The number of aliphatic imine (C=N–C) groups is 1. The summed E-state index contributed by atoms with van der Waals surface area (Å²) in [5.41, 5.74) is 7.69. The monoisotopic (exact) mass is 445 g/mol. The summed E-state index contributed by atoms with van der Waals surface area (Å²) in [7, 11) is 0. The van der Waals surface area contributed by atoms with Crippen LogP contribution < -0.4 is 15.8 Å². The Bertz CT molecular complexity index is 1170. The van der Waals surface area contributed by atoms with E-state index in [0.717, 1.165) is 21.0 Å². The van der Waals surface area contributed by atoms with Gasteiger partial charge in [0, 0.05) is 25.1 Å². The fourth-order valence-corrected chi connectivity index (χ4v) is 4.29. The van der Waals surface area contributed by atoms with Crippen molar-refractivity contribution in [3.8, 4) is 11.8 Å². The number of hydrogen-bond donors (Lipinski definition) is 2. The van der Waals surface area contributed by atoms with E-state index in [1.54, 1.807) is 11.3 Å². The zero-order valence-corrected chi connectivity index (χ0v) is 18.3. The van der Waals surface area contributed by atoms with Gasteiger partial charge >= 0.3 is 0 Å². The lowest BCUT2D eigenvalue weighted by Gasteiger charge is -2.31. The second-order valence-electron chi connectivity index (χ2n) is 7.28. The first kappa shape index (κ1) is 21.6. The van der Waals surface area contributed by atoms with Gasteiger partial charge in [0.15, 0.2) is 5.13 Å². The molecule has 2 aromatic carbocycles. The molecule has 4 rings (SSSR count). The molecule has 0 aliphatic carbocycles. The minimum absolute atomic E-state index is 0.195. The van der Waals surface area contributed by atoms with Crippen LogP contribution in [0, 0.1) is 16.7 Å². The number of benzene rings is 2. The standard InChI is InChI=1S/C24H23N5O2S/c1-2-13-27-22(21(26)24(16-25)11-14-30-15-12-24)31-18-9-7-17(8-10-18)28-23-29-19-5-3-4-6-20(19)32-23/h2-10,13H,1,11-12,14-15,26H2,(H,28,29)/b22-21+,27-13?. The quantitative estimate of drug-likeness (QED) is 0.386. The highest BCUT2D eigenvalue weighted by molar-refractivity contribution is 7.22. The van der Waals surface area contributed by atoms with E-state index in [0.29, 0.717) is 37.5 Å². The summed E-state index contributed by atoms with van der Waals surface area (Å²) in [6.45, 7) is 4.59. The average molecular weight is 446 g/mol. The number of hydrogen-bond acceptors (Lipinski definition) is 8. The predicted octanol–water partition coefficient (Wildman–Crippen LogP) is 5.12. The topological polar surface area (TPSA) is 106 Å². The molecule has 7 nitrogen and oxygen atoms in total. The highest BCUT2D eigenvalue weighted by atomic mass is 32.1. The average Bonchev–Trinajstić information content (AvgIpc) is 3.25. The number of nitrogens with one attached hydrogen (secondary N) is 1. The molecule has 0 bridgehead atoms. The molecule has 0 radical (unpaired) electrons. The minimum atomic E-state index is -0.861. The maximum atomic E-state index is 9.82. The van der Waals surface area contributed by atoms with Crippen molar-refractivity contribution in [1.29, 1.82) is 5.26 Å².